The van der Waals surface area contributed by atoms with Gasteiger partial charge in [-0.1, -0.05) is 25.3 Å². The standard InChI is InChI=1S/C27H35N3O4/c1-7-19-11-12-21(28-23(19)8-2)18-30(15-13-22-10-9-14-29(22)3)27(31)20-16-24(32-4)26(34-6)25(17-20)33-5/h7-8,11-12,16-17,22H,1-2,9-10,13-15,18H2,3-6H3. The fraction of sp³-hybridized carbons (Fsp3) is 0.407. The van der Waals surface area contributed by atoms with E-state index in [0.717, 1.165) is 36.3 Å². The van der Waals surface area contributed by atoms with Crippen LogP contribution in [0, 0.1) is 0 Å². The third-order valence-electron chi connectivity index (χ3n) is 6.38. The SMILES string of the molecule is C=Cc1ccc(CN(CCC2CCCN2C)C(=O)c2cc(OC)c(OC)c(OC)c2)nc1C=C. The molecule has 0 bridgehead atoms. The molecule has 1 aromatic heterocycles. The highest BCUT2D eigenvalue weighted by Crippen LogP contribution is 2.38. The zero-order chi connectivity index (χ0) is 24.7. The van der Waals surface area contributed by atoms with Crippen LogP contribution < -0.4 is 14.2 Å². The summed E-state index contributed by atoms with van der Waals surface area (Å²) < 4.78 is 16.3. The van der Waals surface area contributed by atoms with Crippen LogP contribution in [0.15, 0.2) is 37.4 Å². The second-order valence-electron chi connectivity index (χ2n) is 8.39. The van der Waals surface area contributed by atoms with Crippen LogP contribution in [0.3, 0.4) is 0 Å². The number of hydrogen-bond acceptors (Lipinski definition) is 6. The molecule has 0 spiro atoms. The van der Waals surface area contributed by atoms with Crippen molar-refractivity contribution in [3.8, 4) is 17.2 Å². The minimum absolute atomic E-state index is 0.116. The number of hydrogen-bond donors (Lipinski definition) is 0. The van der Waals surface area contributed by atoms with Gasteiger partial charge in [0.2, 0.25) is 5.75 Å². The van der Waals surface area contributed by atoms with Gasteiger partial charge in [-0.05, 0) is 62.7 Å². The number of benzene rings is 1. The summed E-state index contributed by atoms with van der Waals surface area (Å²) in [5.41, 5.74) is 2.93. The number of carbonyl (C=O) groups excluding carboxylic acids is 1. The number of ether oxygens (including phenoxy) is 3. The van der Waals surface area contributed by atoms with Gasteiger partial charge in [-0.15, -0.1) is 0 Å². The van der Waals surface area contributed by atoms with Crippen molar-refractivity contribution in [2.24, 2.45) is 0 Å². The number of pyridine rings is 1. The zero-order valence-electron chi connectivity index (χ0n) is 20.7. The summed E-state index contributed by atoms with van der Waals surface area (Å²) in [6.45, 7) is 9.78. The summed E-state index contributed by atoms with van der Waals surface area (Å²) in [5.74, 6) is 1.24. The largest absolute Gasteiger partial charge is 0.493 e. The number of rotatable bonds is 11. The Morgan fingerprint density at radius 1 is 1.15 bits per heavy atom. The van der Waals surface area contributed by atoms with Crippen LogP contribution in [-0.2, 0) is 6.54 Å². The normalized spacial score (nSPS) is 15.6. The average Bonchev–Trinajstić information content (AvgIpc) is 3.29. The number of nitrogens with zero attached hydrogens (tertiary/aromatic N) is 3. The molecule has 1 atom stereocenters. The molecular weight excluding hydrogens is 430 g/mol. The van der Waals surface area contributed by atoms with E-state index in [0.29, 0.717) is 41.9 Å². The Bertz CT molecular complexity index is 1010. The van der Waals surface area contributed by atoms with E-state index < -0.39 is 0 Å². The van der Waals surface area contributed by atoms with Gasteiger partial charge in [-0.2, -0.15) is 0 Å². The van der Waals surface area contributed by atoms with Crippen molar-refractivity contribution < 1.29 is 19.0 Å². The summed E-state index contributed by atoms with van der Waals surface area (Å²) in [7, 11) is 6.78. The van der Waals surface area contributed by atoms with Gasteiger partial charge in [0.05, 0.1) is 39.3 Å². The van der Waals surface area contributed by atoms with Crippen molar-refractivity contribution in [2.45, 2.75) is 31.8 Å². The second kappa shape index (κ2) is 11.7. The molecule has 1 aliphatic rings. The average molecular weight is 466 g/mol. The molecule has 1 amide bonds. The monoisotopic (exact) mass is 465 g/mol. The highest BCUT2D eigenvalue weighted by molar-refractivity contribution is 5.95. The lowest BCUT2D eigenvalue weighted by Crippen LogP contribution is -2.36. The molecule has 0 aliphatic carbocycles. The van der Waals surface area contributed by atoms with Crippen molar-refractivity contribution in [3.05, 3.63) is 59.9 Å². The Kier molecular flexibility index (Phi) is 8.71. The summed E-state index contributed by atoms with van der Waals surface area (Å²) >= 11 is 0. The number of amides is 1. The Labute approximate surface area is 202 Å². The van der Waals surface area contributed by atoms with Gasteiger partial charge < -0.3 is 24.0 Å². The minimum atomic E-state index is -0.116. The Morgan fingerprint density at radius 2 is 1.85 bits per heavy atom. The van der Waals surface area contributed by atoms with Gasteiger partial charge in [-0.25, -0.2) is 0 Å². The molecule has 1 aromatic carbocycles. The quantitative estimate of drug-likeness (QED) is 0.486. The fourth-order valence-electron chi connectivity index (χ4n) is 4.44. The molecule has 0 N–H and O–H groups in total. The first-order chi connectivity index (χ1) is 16.4. The number of methoxy groups -OCH3 is 3. The molecule has 3 rings (SSSR count). The van der Waals surface area contributed by atoms with Crippen LogP contribution in [-0.4, -0.2) is 68.2 Å². The first-order valence-corrected chi connectivity index (χ1v) is 11.5. The van der Waals surface area contributed by atoms with Crippen LogP contribution in [0.1, 0.15) is 46.6 Å². The number of likely N-dealkylation sites (tertiary alicyclic amines) is 1. The first-order valence-electron chi connectivity index (χ1n) is 11.5. The molecule has 1 saturated heterocycles. The molecule has 2 heterocycles. The third-order valence-corrected chi connectivity index (χ3v) is 6.38. The molecule has 1 fully saturated rings. The van der Waals surface area contributed by atoms with Gasteiger partial charge >= 0.3 is 0 Å². The molecule has 1 unspecified atom stereocenters. The van der Waals surface area contributed by atoms with Crippen molar-refractivity contribution in [2.75, 3.05) is 41.5 Å². The maximum Gasteiger partial charge on any atom is 0.254 e. The van der Waals surface area contributed by atoms with E-state index in [1.807, 2.05) is 17.0 Å². The fourth-order valence-corrected chi connectivity index (χ4v) is 4.44. The smallest absolute Gasteiger partial charge is 0.254 e. The predicted molar refractivity (Wildman–Crippen MR) is 136 cm³/mol. The van der Waals surface area contributed by atoms with Gasteiger partial charge in [0.15, 0.2) is 11.5 Å². The van der Waals surface area contributed by atoms with E-state index in [9.17, 15) is 4.79 Å². The van der Waals surface area contributed by atoms with E-state index in [1.165, 1.54) is 6.42 Å². The van der Waals surface area contributed by atoms with Crippen LogP contribution in [0.5, 0.6) is 17.2 Å². The van der Waals surface area contributed by atoms with Crippen LogP contribution in [0.4, 0.5) is 0 Å². The van der Waals surface area contributed by atoms with Crippen molar-refractivity contribution in [3.63, 3.8) is 0 Å². The van der Waals surface area contributed by atoms with Crippen molar-refractivity contribution >= 4 is 18.1 Å². The number of carbonyl (C=O) groups is 1. The molecule has 182 valence electrons. The maximum absolute atomic E-state index is 13.7. The van der Waals surface area contributed by atoms with E-state index in [4.69, 9.17) is 19.2 Å². The molecule has 0 saturated carbocycles. The van der Waals surface area contributed by atoms with Gasteiger partial charge in [0.1, 0.15) is 0 Å². The lowest BCUT2D eigenvalue weighted by atomic mass is 10.1. The Balaban J connectivity index is 1.93. The summed E-state index contributed by atoms with van der Waals surface area (Å²) in [6.07, 6.45) is 6.69. The third kappa shape index (κ3) is 5.59. The molecule has 7 nitrogen and oxygen atoms in total. The summed E-state index contributed by atoms with van der Waals surface area (Å²) in [5, 5.41) is 0. The molecule has 2 aromatic rings. The first kappa shape index (κ1) is 25.3. The van der Waals surface area contributed by atoms with Crippen LogP contribution in [0.25, 0.3) is 12.2 Å². The Morgan fingerprint density at radius 3 is 2.38 bits per heavy atom. The highest BCUT2D eigenvalue weighted by Gasteiger charge is 2.25. The number of aromatic nitrogens is 1. The second-order valence-corrected chi connectivity index (χ2v) is 8.39. The molecule has 34 heavy (non-hydrogen) atoms. The van der Waals surface area contributed by atoms with E-state index >= 15 is 0 Å². The van der Waals surface area contributed by atoms with Crippen molar-refractivity contribution in [1.29, 1.82) is 0 Å². The summed E-state index contributed by atoms with van der Waals surface area (Å²) in [4.78, 5) is 22.7. The lowest BCUT2D eigenvalue weighted by molar-refractivity contribution is 0.0726. The minimum Gasteiger partial charge on any atom is -0.493 e. The highest BCUT2D eigenvalue weighted by atomic mass is 16.5. The van der Waals surface area contributed by atoms with E-state index in [1.54, 1.807) is 45.6 Å². The molecule has 0 radical (unpaired) electrons. The van der Waals surface area contributed by atoms with Gasteiger partial charge in [0, 0.05) is 18.2 Å². The van der Waals surface area contributed by atoms with E-state index in [2.05, 4.69) is 25.1 Å². The van der Waals surface area contributed by atoms with Crippen LogP contribution >= 0.6 is 0 Å². The topological polar surface area (TPSA) is 64.1 Å². The predicted octanol–water partition coefficient (Wildman–Crippen LogP) is 4.52. The summed E-state index contributed by atoms with van der Waals surface area (Å²) in [6, 6.07) is 7.75. The van der Waals surface area contributed by atoms with Crippen LogP contribution in [0.2, 0.25) is 0 Å². The van der Waals surface area contributed by atoms with Gasteiger partial charge in [0.25, 0.3) is 5.91 Å². The van der Waals surface area contributed by atoms with Crippen molar-refractivity contribution in [1.82, 2.24) is 14.8 Å². The van der Waals surface area contributed by atoms with E-state index in [-0.39, 0.29) is 5.91 Å². The van der Waals surface area contributed by atoms with Gasteiger partial charge in [-0.3, -0.25) is 9.78 Å². The maximum atomic E-state index is 13.7. The molecule has 7 heteroatoms. The Hall–Kier alpha value is -3.32. The molecular formula is C27H35N3O4. The lowest BCUT2D eigenvalue weighted by Gasteiger charge is -2.27. The zero-order valence-corrected chi connectivity index (χ0v) is 20.7. The molecule has 1 aliphatic heterocycles.